The minimum absolute atomic E-state index is 0.0111. The average Bonchev–Trinajstić information content (AvgIpc) is 2.12. The van der Waals surface area contributed by atoms with Gasteiger partial charge in [0, 0.05) is 5.22 Å². The van der Waals surface area contributed by atoms with Gasteiger partial charge in [0.25, 0.3) is 0 Å². The number of hydrogen-bond acceptors (Lipinski definition) is 3. The molecule has 0 radical (unpaired) electrons. The first-order chi connectivity index (χ1) is 8.91. The molecule has 0 N–H and O–H groups in total. The summed E-state index contributed by atoms with van der Waals surface area (Å²) in [6.45, 7) is 27.5. The van der Waals surface area contributed by atoms with Gasteiger partial charge in [0.15, 0.2) is 8.32 Å². The summed E-state index contributed by atoms with van der Waals surface area (Å²) in [7, 11) is -4.25. The van der Waals surface area contributed by atoms with E-state index in [1.165, 1.54) is 0 Å². The van der Waals surface area contributed by atoms with Crippen LogP contribution >= 0.6 is 0 Å². The Kier molecular flexibility index (Phi) is 8.45. The van der Waals surface area contributed by atoms with Crippen molar-refractivity contribution in [2.45, 2.75) is 90.5 Å². The Morgan fingerprint density at radius 3 is 1.24 bits per heavy atom. The fourth-order valence-corrected chi connectivity index (χ4v) is 8.75. The maximum atomic E-state index is 8.28. The molecule has 0 rings (SSSR count). The van der Waals surface area contributed by atoms with Crippen molar-refractivity contribution >= 4 is 34.8 Å². The van der Waals surface area contributed by atoms with Gasteiger partial charge in [-0.25, -0.2) is 0 Å². The summed E-state index contributed by atoms with van der Waals surface area (Å²) in [6.07, 6.45) is 0. The van der Waals surface area contributed by atoms with Crippen LogP contribution < -0.4 is 0 Å². The lowest BCUT2D eigenvalue weighted by Crippen LogP contribution is -2.64. The average molecular weight is 367 g/mol. The summed E-state index contributed by atoms with van der Waals surface area (Å²) in [5.41, 5.74) is 0. The highest BCUT2D eigenvalue weighted by Crippen LogP contribution is 2.35. The van der Waals surface area contributed by atoms with E-state index in [2.05, 4.69) is 80.1 Å². The van der Waals surface area contributed by atoms with Crippen LogP contribution in [0.15, 0.2) is 0 Å². The normalized spacial score (nSPS) is 14.5. The molecule has 0 atom stereocenters. The lowest BCUT2D eigenvalue weighted by Gasteiger charge is -2.50. The van der Waals surface area contributed by atoms with Gasteiger partial charge in [0.05, 0.1) is 13.3 Å². The molecule has 0 aromatic heterocycles. The molecule has 0 saturated carbocycles. The van der Waals surface area contributed by atoms with Crippen molar-refractivity contribution in [3.63, 3.8) is 0 Å². The Hall–Kier alpha value is 0.588. The van der Waals surface area contributed by atoms with Gasteiger partial charge in [-0.15, -0.1) is 0 Å². The van der Waals surface area contributed by atoms with Crippen molar-refractivity contribution in [2.75, 3.05) is 0 Å². The highest BCUT2D eigenvalue weighted by atomic mass is 28.4. The predicted octanol–water partition coefficient (Wildman–Crippen LogP) is 4.00. The van der Waals surface area contributed by atoms with Gasteiger partial charge in [-0.3, -0.25) is 0 Å². The first-order valence-corrected chi connectivity index (χ1v) is 18.0. The third kappa shape index (κ3) is 7.60. The second kappa shape index (κ2) is 7.44. The molecule has 0 bridgehead atoms. The van der Waals surface area contributed by atoms with E-state index in [9.17, 15) is 0 Å². The van der Waals surface area contributed by atoms with E-state index in [-0.39, 0.29) is 10.4 Å². The van der Waals surface area contributed by atoms with E-state index in [0.717, 1.165) is 0 Å². The highest BCUT2D eigenvalue weighted by Gasteiger charge is 2.50. The van der Waals surface area contributed by atoms with E-state index in [1.54, 1.807) is 0 Å². The summed E-state index contributed by atoms with van der Waals surface area (Å²) in [6, 6.07) is 0. The molecule has 7 heteroatoms. The van der Waals surface area contributed by atoms with Crippen LogP contribution in [0.5, 0.6) is 0 Å². The third-order valence-corrected chi connectivity index (χ3v) is 13.6. The van der Waals surface area contributed by atoms with E-state index in [1.807, 2.05) is 0 Å². The van der Waals surface area contributed by atoms with Crippen molar-refractivity contribution in [3.8, 4) is 0 Å². The molecule has 128 valence electrons. The Balaban J connectivity index is 0. The summed E-state index contributed by atoms with van der Waals surface area (Å²) in [4.78, 5) is 0. The van der Waals surface area contributed by atoms with Gasteiger partial charge in [-0.2, -0.15) is 0 Å². The standard InChI is InChI=1S/C14H36O2Si3.H2OSi/c1-13(2,17(5,6)7)16-19(11,12)14(3,4)15-18(8,9)10;1-2/h1-12H3;2H2. The van der Waals surface area contributed by atoms with E-state index >= 15 is 0 Å². The Labute approximate surface area is 139 Å². The molecular formula is C14H38O3Si4. The summed E-state index contributed by atoms with van der Waals surface area (Å²) in [5.74, 6) is 0. The van der Waals surface area contributed by atoms with Crippen molar-refractivity contribution in [2.24, 2.45) is 0 Å². The molecule has 0 saturated heterocycles. The molecule has 0 heterocycles. The molecular weight excluding hydrogens is 328 g/mol. The van der Waals surface area contributed by atoms with Gasteiger partial charge in [-0.05, 0) is 60.4 Å². The molecule has 0 aliphatic carbocycles. The molecule has 3 nitrogen and oxygen atoms in total. The maximum absolute atomic E-state index is 8.28. The van der Waals surface area contributed by atoms with Crippen molar-refractivity contribution in [3.05, 3.63) is 0 Å². The van der Waals surface area contributed by atoms with Gasteiger partial charge in [-0.1, -0.05) is 19.6 Å². The topological polar surface area (TPSA) is 35.5 Å². The van der Waals surface area contributed by atoms with Crippen LogP contribution in [0.4, 0.5) is 0 Å². The Morgan fingerprint density at radius 1 is 0.667 bits per heavy atom. The minimum atomic E-state index is -1.94. The molecule has 0 amide bonds. The molecule has 0 unspecified atom stereocenters. The summed E-state index contributed by atoms with van der Waals surface area (Å²) < 4.78 is 21.4. The lowest BCUT2D eigenvalue weighted by atomic mass is 10.5. The van der Waals surface area contributed by atoms with E-state index < -0.39 is 24.7 Å². The second-order valence-electron chi connectivity index (χ2n) is 9.10. The SMILES string of the molecule is CC(C)(O[Si](C)(C)C(C)(C)O[Si](C)(C)C)[Si](C)(C)C.O=[SiH2]. The van der Waals surface area contributed by atoms with Crippen LogP contribution in [-0.4, -0.2) is 45.3 Å². The molecule has 0 fully saturated rings. The lowest BCUT2D eigenvalue weighted by molar-refractivity contribution is 0.100. The quantitative estimate of drug-likeness (QED) is 0.666. The van der Waals surface area contributed by atoms with Crippen LogP contribution in [0.3, 0.4) is 0 Å². The van der Waals surface area contributed by atoms with E-state index in [4.69, 9.17) is 13.3 Å². The third-order valence-electron chi connectivity index (χ3n) is 4.33. The first-order valence-electron chi connectivity index (χ1n) is 7.61. The largest absolute Gasteiger partial charge is 0.413 e. The van der Waals surface area contributed by atoms with Gasteiger partial charge >= 0.3 is 0 Å². The molecule has 0 aliphatic rings. The first kappa shape index (κ1) is 23.8. The zero-order chi connectivity index (χ0) is 17.9. The molecule has 0 aromatic carbocycles. The van der Waals surface area contributed by atoms with Crippen molar-refractivity contribution in [1.29, 1.82) is 0 Å². The zero-order valence-electron chi connectivity index (χ0n) is 16.4. The molecule has 0 aliphatic heterocycles. The monoisotopic (exact) mass is 366 g/mol. The summed E-state index contributed by atoms with van der Waals surface area (Å²) >= 11 is 0. The molecule has 21 heavy (non-hydrogen) atoms. The Bertz CT molecular complexity index is 328. The van der Waals surface area contributed by atoms with Gasteiger partial charge < -0.3 is 13.3 Å². The molecule has 0 aromatic rings. The van der Waals surface area contributed by atoms with Gasteiger partial charge in [0.2, 0.25) is 18.4 Å². The van der Waals surface area contributed by atoms with Crippen molar-refractivity contribution < 1.29 is 13.3 Å². The van der Waals surface area contributed by atoms with Crippen LogP contribution in [0.2, 0.25) is 52.4 Å². The van der Waals surface area contributed by atoms with Crippen molar-refractivity contribution in [1.82, 2.24) is 0 Å². The fraction of sp³-hybridized carbons (Fsp3) is 1.00. The second-order valence-corrected chi connectivity index (χ2v) is 23.7. The molecule has 0 spiro atoms. The zero-order valence-corrected chi connectivity index (χ0v) is 20.8. The van der Waals surface area contributed by atoms with Crippen LogP contribution in [0.25, 0.3) is 0 Å². The highest BCUT2D eigenvalue weighted by molar-refractivity contribution is 6.81. The fourth-order valence-electron chi connectivity index (χ4n) is 1.80. The maximum Gasteiger partial charge on any atom is 0.245 e. The van der Waals surface area contributed by atoms with Crippen LogP contribution in [-0.2, 0) is 13.3 Å². The number of hydrogen-bond donors (Lipinski definition) is 0. The van der Waals surface area contributed by atoms with E-state index in [0.29, 0.717) is 10.1 Å². The smallest absolute Gasteiger partial charge is 0.245 e. The van der Waals surface area contributed by atoms with Gasteiger partial charge in [0.1, 0.15) is 0 Å². The minimum Gasteiger partial charge on any atom is -0.413 e. The number of rotatable bonds is 6. The predicted molar refractivity (Wildman–Crippen MR) is 104 cm³/mol. The summed E-state index contributed by atoms with van der Waals surface area (Å²) in [5, 5.41) is -0.156. The van der Waals surface area contributed by atoms with Crippen LogP contribution in [0.1, 0.15) is 27.7 Å². The Morgan fingerprint density at radius 2 is 1.00 bits per heavy atom. The van der Waals surface area contributed by atoms with Crippen LogP contribution in [0, 0.1) is 0 Å².